The minimum Gasteiger partial charge on any atom is -0.480 e. The van der Waals surface area contributed by atoms with Gasteiger partial charge in [0.05, 0.1) is 19.3 Å². The van der Waals surface area contributed by atoms with Crippen LogP contribution in [0.25, 0.3) is 0 Å². The number of β-amino-alcohol motifs (C(OH)–C–C–N with tert-alkyl or cyclic N) is 1. The second-order valence-corrected chi connectivity index (χ2v) is 4.65. The molecule has 2 atom stereocenters. The van der Waals surface area contributed by atoms with Gasteiger partial charge in [0.25, 0.3) is 0 Å². The van der Waals surface area contributed by atoms with Gasteiger partial charge in [-0.3, -0.25) is 0 Å². The lowest BCUT2D eigenvalue weighted by Gasteiger charge is -2.30. The molecule has 0 bridgehead atoms. The number of carboxylic acid groups (broad SMARTS) is 1. The van der Waals surface area contributed by atoms with E-state index in [0.717, 1.165) is 0 Å². The minimum atomic E-state index is -1.10. The number of ether oxygens (including phenoxy) is 2. The van der Waals surface area contributed by atoms with Gasteiger partial charge in [-0.15, -0.1) is 0 Å². The highest BCUT2D eigenvalue weighted by Crippen LogP contribution is 2.20. The van der Waals surface area contributed by atoms with E-state index in [9.17, 15) is 14.7 Å². The minimum absolute atomic E-state index is 0.0340. The third kappa shape index (κ3) is 4.32. The van der Waals surface area contributed by atoms with Crippen molar-refractivity contribution in [3.8, 4) is 0 Å². The average molecular weight is 290 g/mol. The first kappa shape index (κ1) is 16.7. The van der Waals surface area contributed by atoms with E-state index < -0.39 is 24.1 Å². The van der Waals surface area contributed by atoms with E-state index in [4.69, 9.17) is 14.6 Å². The highest BCUT2D eigenvalue weighted by molar-refractivity contribution is 5.83. The van der Waals surface area contributed by atoms with Gasteiger partial charge in [-0.1, -0.05) is 0 Å². The van der Waals surface area contributed by atoms with Gasteiger partial charge in [-0.05, 0) is 0 Å². The van der Waals surface area contributed by atoms with Crippen LogP contribution in [0.5, 0.6) is 0 Å². The summed E-state index contributed by atoms with van der Waals surface area (Å²) in [5.41, 5.74) is 0. The third-order valence-corrected chi connectivity index (χ3v) is 3.21. The Labute approximate surface area is 117 Å². The SMILES string of the molecule is COCCN(CCOC)C(=O)N1CC(O)CC1C(=O)O. The number of aliphatic hydroxyl groups is 1. The van der Waals surface area contributed by atoms with E-state index in [2.05, 4.69) is 0 Å². The van der Waals surface area contributed by atoms with Gasteiger partial charge in [0.1, 0.15) is 6.04 Å². The summed E-state index contributed by atoms with van der Waals surface area (Å²) in [5, 5.41) is 18.7. The molecule has 8 heteroatoms. The predicted molar refractivity (Wildman–Crippen MR) is 69.5 cm³/mol. The molecule has 1 aliphatic heterocycles. The molecular weight excluding hydrogens is 268 g/mol. The molecule has 2 amide bonds. The van der Waals surface area contributed by atoms with Gasteiger partial charge >= 0.3 is 12.0 Å². The van der Waals surface area contributed by atoms with E-state index in [0.29, 0.717) is 26.3 Å². The molecular formula is C12H22N2O6. The summed E-state index contributed by atoms with van der Waals surface area (Å²) in [6.45, 7) is 1.43. The number of rotatable bonds is 7. The van der Waals surface area contributed by atoms with E-state index in [1.54, 1.807) is 0 Å². The number of aliphatic hydroxyl groups excluding tert-OH is 1. The molecule has 116 valence electrons. The summed E-state index contributed by atoms with van der Waals surface area (Å²) in [5.74, 6) is -1.10. The van der Waals surface area contributed by atoms with Crippen LogP contribution in [0.15, 0.2) is 0 Å². The van der Waals surface area contributed by atoms with Gasteiger partial charge in [0, 0.05) is 40.3 Å². The molecule has 2 N–H and O–H groups in total. The van der Waals surface area contributed by atoms with Crippen LogP contribution >= 0.6 is 0 Å². The molecule has 1 saturated heterocycles. The van der Waals surface area contributed by atoms with Crippen LogP contribution in [0.4, 0.5) is 4.79 Å². The smallest absolute Gasteiger partial charge is 0.326 e. The summed E-state index contributed by atoms with van der Waals surface area (Å²) in [4.78, 5) is 26.2. The Kier molecular flexibility index (Phi) is 6.69. The fourth-order valence-electron chi connectivity index (χ4n) is 2.15. The first-order chi connectivity index (χ1) is 9.51. The Morgan fingerprint density at radius 3 is 2.25 bits per heavy atom. The molecule has 0 spiro atoms. The molecule has 1 rings (SSSR count). The van der Waals surface area contributed by atoms with Gasteiger partial charge in [0.2, 0.25) is 0 Å². The number of nitrogens with zero attached hydrogens (tertiary/aromatic N) is 2. The molecule has 8 nitrogen and oxygen atoms in total. The van der Waals surface area contributed by atoms with Crippen molar-refractivity contribution in [2.24, 2.45) is 0 Å². The fourth-order valence-corrected chi connectivity index (χ4v) is 2.15. The van der Waals surface area contributed by atoms with Crippen molar-refractivity contribution < 1.29 is 29.3 Å². The number of amides is 2. The number of likely N-dealkylation sites (tertiary alicyclic amines) is 1. The Morgan fingerprint density at radius 2 is 1.80 bits per heavy atom. The van der Waals surface area contributed by atoms with Crippen LogP contribution < -0.4 is 0 Å². The number of carbonyl (C=O) groups is 2. The lowest BCUT2D eigenvalue weighted by Crippen LogP contribution is -2.49. The van der Waals surface area contributed by atoms with Crippen LogP contribution in [0, 0.1) is 0 Å². The summed E-state index contributed by atoms with van der Waals surface area (Å²) in [6, 6.07) is -1.40. The van der Waals surface area contributed by atoms with Crippen LogP contribution in [0.1, 0.15) is 6.42 Å². The highest BCUT2D eigenvalue weighted by Gasteiger charge is 2.40. The van der Waals surface area contributed by atoms with E-state index >= 15 is 0 Å². The number of urea groups is 1. The van der Waals surface area contributed by atoms with Crippen LogP contribution in [0.2, 0.25) is 0 Å². The molecule has 0 aliphatic carbocycles. The lowest BCUT2D eigenvalue weighted by atomic mass is 10.2. The van der Waals surface area contributed by atoms with E-state index in [-0.39, 0.29) is 13.0 Å². The van der Waals surface area contributed by atoms with Crippen LogP contribution in [0.3, 0.4) is 0 Å². The zero-order chi connectivity index (χ0) is 15.1. The number of hydrogen-bond donors (Lipinski definition) is 2. The summed E-state index contributed by atoms with van der Waals surface area (Å²) < 4.78 is 9.88. The molecule has 1 heterocycles. The van der Waals surface area contributed by atoms with Crippen molar-refractivity contribution in [3.05, 3.63) is 0 Å². The molecule has 1 aliphatic rings. The Balaban J connectivity index is 2.73. The highest BCUT2D eigenvalue weighted by atomic mass is 16.5. The quantitative estimate of drug-likeness (QED) is 0.638. The monoisotopic (exact) mass is 290 g/mol. The standard InChI is InChI=1S/C12H22N2O6/c1-19-5-3-13(4-6-20-2)12(18)14-8-9(15)7-10(14)11(16)17/h9-10,15H,3-8H2,1-2H3,(H,16,17). The maximum atomic E-state index is 12.4. The molecule has 20 heavy (non-hydrogen) atoms. The third-order valence-electron chi connectivity index (χ3n) is 3.21. The van der Waals surface area contributed by atoms with Gasteiger partial charge in [-0.25, -0.2) is 9.59 Å². The number of methoxy groups -OCH3 is 2. The molecule has 0 saturated carbocycles. The fraction of sp³-hybridized carbons (Fsp3) is 0.833. The Hall–Kier alpha value is -1.38. The summed E-state index contributed by atoms with van der Waals surface area (Å²) in [7, 11) is 3.05. The van der Waals surface area contributed by atoms with Crippen LogP contribution in [-0.2, 0) is 14.3 Å². The normalized spacial score (nSPS) is 22.1. The number of hydrogen-bond acceptors (Lipinski definition) is 5. The first-order valence-corrected chi connectivity index (χ1v) is 6.45. The molecule has 0 aromatic carbocycles. The van der Waals surface area contributed by atoms with Gasteiger partial charge < -0.3 is 29.5 Å². The van der Waals surface area contributed by atoms with E-state index in [1.807, 2.05) is 0 Å². The average Bonchev–Trinajstić information content (AvgIpc) is 2.80. The topological polar surface area (TPSA) is 99.5 Å². The molecule has 0 radical (unpaired) electrons. The molecule has 0 aromatic rings. The van der Waals surface area contributed by atoms with Crippen molar-refractivity contribution >= 4 is 12.0 Å². The van der Waals surface area contributed by atoms with Gasteiger partial charge in [-0.2, -0.15) is 0 Å². The van der Waals surface area contributed by atoms with E-state index in [1.165, 1.54) is 24.0 Å². The van der Waals surface area contributed by atoms with Crippen molar-refractivity contribution in [1.82, 2.24) is 9.80 Å². The maximum absolute atomic E-state index is 12.4. The zero-order valence-corrected chi connectivity index (χ0v) is 11.8. The van der Waals surface area contributed by atoms with Crippen molar-refractivity contribution in [3.63, 3.8) is 0 Å². The molecule has 1 fully saturated rings. The van der Waals surface area contributed by atoms with Gasteiger partial charge in [0.15, 0.2) is 0 Å². The second-order valence-electron chi connectivity index (χ2n) is 4.65. The lowest BCUT2D eigenvalue weighted by molar-refractivity contribution is -0.141. The maximum Gasteiger partial charge on any atom is 0.326 e. The van der Waals surface area contributed by atoms with Crippen molar-refractivity contribution in [2.45, 2.75) is 18.6 Å². The van der Waals surface area contributed by atoms with Crippen molar-refractivity contribution in [2.75, 3.05) is 47.1 Å². The largest absolute Gasteiger partial charge is 0.480 e. The summed E-state index contributed by atoms with van der Waals surface area (Å²) >= 11 is 0. The number of carboxylic acids is 1. The first-order valence-electron chi connectivity index (χ1n) is 6.45. The Bertz CT molecular complexity index is 330. The molecule has 0 aromatic heterocycles. The zero-order valence-electron chi connectivity index (χ0n) is 11.8. The number of aliphatic carboxylic acids is 1. The summed E-state index contributed by atoms with van der Waals surface area (Å²) in [6.07, 6.45) is -0.740. The number of carbonyl (C=O) groups excluding carboxylic acids is 1. The molecule has 2 unspecified atom stereocenters. The second kappa shape index (κ2) is 8.03. The predicted octanol–water partition coefficient (Wildman–Crippen LogP) is -0.779. The van der Waals surface area contributed by atoms with Crippen LogP contribution in [-0.4, -0.2) is 91.2 Å². The Morgan fingerprint density at radius 1 is 1.25 bits per heavy atom. The van der Waals surface area contributed by atoms with Crippen molar-refractivity contribution in [1.29, 1.82) is 0 Å².